The van der Waals surface area contributed by atoms with E-state index in [4.69, 9.17) is 0 Å². The molecule has 1 N–H and O–H groups in total. The summed E-state index contributed by atoms with van der Waals surface area (Å²) in [5.41, 5.74) is 0.679. The second-order valence-corrected chi connectivity index (χ2v) is 4.43. The largest absolute Gasteiger partial charge is 0.354 e. The van der Waals surface area contributed by atoms with E-state index in [1.807, 2.05) is 7.05 Å². The Morgan fingerprint density at radius 1 is 1.65 bits per heavy atom. The molecule has 2 rings (SSSR count). The van der Waals surface area contributed by atoms with Crippen molar-refractivity contribution >= 4 is 5.82 Å². The Labute approximate surface area is 101 Å². The van der Waals surface area contributed by atoms with Crippen LogP contribution in [0.3, 0.4) is 0 Å². The number of anilines is 1. The fourth-order valence-electron chi connectivity index (χ4n) is 1.70. The van der Waals surface area contributed by atoms with Crippen molar-refractivity contribution < 1.29 is 4.39 Å². The average molecular weight is 235 g/mol. The lowest BCUT2D eigenvalue weighted by Crippen LogP contribution is -2.22. The quantitative estimate of drug-likeness (QED) is 0.765. The maximum atomic E-state index is 14.1. The number of halogens is 1. The highest BCUT2D eigenvalue weighted by Gasteiger charge is 2.21. The summed E-state index contributed by atoms with van der Waals surface area (Å²) in [6.07, 6.45) is 5.80. The van der Waals surface area contributed by atoms with Crippen molar-refractivity contribution in [1.82, 2.24) is 10.3 Å². The Bertz CT molecular complexity index is 402. The molecule has 0 unspecified atom stereocenters. The number of nitrogens with zero attached hydrogens (tertiary/aromatic N) is 2. The number of hydrogen-bond donors (Lipinski definition) is 1. The van der Waals surface area contributed by atoms with Gasteiger partial charge in [0.1, 0.15) is 0 Å². The third-order valence-electron chi connectivity index (χ3n) is 2.87. The van der Waals surface area contributed by atoms with Crippen molar-refractivity contribution in [2.24, 2.45) is 0 Å². The van der Waals surface area contributed by atoms with Crippen LogP contribution in [0.1, 0.15) is 18.4 Å². The smallest absolute Gasteiger partial charge is 0.170 e. The number of nitrogens with one attached hydrogen (secondary N) is 1. The molecule has 1 saturated carbocycles. The number of hydrogen-bond acceptors (Lipinski definition) is 3. The van der Waals surface area contributed by atoms with E-state index < -0.39 is 0 Å². The highest BCUT2D eigenvalue weighted by molar-refractivity contribution is 5.42. The lowest BCUT2D eigenvalue weighted by molar-refractivity contribution is 0.579. The molecule has 0 amide bonds. The van der Waals surface area contributed by atoms with Crippen molar-refractivity contribution in [1.29, 1.82) is 0 Å². The van der Waals surface area contributed by atoms with Crippen molar-refractivity contribution in [3.05, 3.63) is 36.3 Å². The van der Waals surface area contributed by atoms with E-state index in [9.17, 15) is 4.39 Å². The van der Waals surface area contributed by atoms with Crippen molar-refractivity contribution in [2.75, 3.05) is 18.5 Å². The Morgan fingerprint density at radius 3 is 3.06 bits per heavy atom. The lowest BCUT2D eigenvalue weighted by Gasteiger charge is -2.18. The number of likely N-dealkylation sites (N-methyl/N-ethyl adjacent to an activating group) is 1. The molecule has 0 aromatic carbocycles. The van der Waals surface area contributed by atoms with Gasteiger partial charge in [-0.1, -0.05) is 6.08 Å². The Hall–Kier alpha value is -1.42. The molecule has 1 aliphatic carbocycles. The highest BCUT2D eigenvalue weighted by atomic mass is 19.1. The van der Waals surface area contributed by atoms with Crippen LogP contribution in [0, 0.1) is 5.82 Å². The van der Waals surface area contributed by atoms with Crippen molar-refractivity contribution in [3.8, 4) is 0 Å². The van der Waals surface area contributed by atoms with E-state index in [1.165, 1.54) is 12.8 Å². The maximum Gasteiger partial charge on any atom is 0.170 e. The summed E-state index contributed by atoms with van der Waals surface area (Å²) in [6, 6.07) is 2.31. The molecule has 4 heteroatoms. The second kappa shape index (κ2) is 5.27. The lowest BCUT2D eigenvalue weighted by atomic mass is 10.2. The molecule has 0 saturated heterocycles. The van der Waals surface area contributed by atoms with Gasteiger partial charge in [-0.05, 0) is 18.9 Å². The minimum Gasteiger partial charge on any atom is -0.354 e. The van der Waals surface area contributed by atoms with E-state index in [0.29, 0.717) is 30.5 Å². The maximum absolute atomic E-state index is 14.1. The fourth-order valence-corrected chi connectivity index (χ4v) is 1.70. The topological polar surface area (TPSA) is 28.2 Å². The number of aromatic nitrogens is 1. The van der Waals surface area contributed by atoms with Gasteiger partial charge < -0.3 is 10.2 Å². The standard InChI is InChI=1S/C13H18FN3/c1-3-8-17(2)13-12(14)10(6-7-15-13)9-16-11-4-5-11/h3,6-7,11,16H,1,4-5,8-9H2,2H3. The first-order valence-corrected chi connectivity index (χ1v) is 5.91. The molecule has 0 aliphatic heterocycles. The van der Waals surface area contributed by atoms with E-state index in [2.05, 4.69) is 16.9 Å². The van der Waals surface area contributed by atoms with E-state index in [-0.39, 0.29) is 5.82 Å². The molecule has 0 radical (unpaired) electrons. The molecule has 0 spiro atoms. The van der Waals surface area contributed by atoms with Gasteiger partial charge in [0.15, 0.2) is 11.6 Å². The van der Waals surface area contributed by atoms with Crippen LogP contribution in [0.5, 0.6) is 0 Å². The minimum atomic E-state index is -0.231. The zero-order valence-electron chi connectivity index (χ0n) is 10.1. The van der Waals surface area contributed by atoms with Gasteiger partial charge in [-0.3, -0.25) is 0 Å². The SMILES string of the molecule is C=CCN(C)c1nccc(CNC2CC2)c1F. The molecule has 1 aliphatic rings. The first-order chi connectivity index (χ1) is 8.22. The molecule has 3 nitrogen and oxygen atoms in total. The predicted octanol–water partition coefficient (Wildman–Crippen LogP) is 2.09. The fraction of sp³-hybridized carbons (Fsp3) is 0.462. The summed E-state index contributed by atoms with van der Waals surface area (Å²) < 4.78 is 14.1. The molecule has 92 valence electrons. The van der Waals surface area contributed by atoms with E-state index >= 15 is 0 Å². The number of rotatable bonds is 6. The zero-order chi connectivity index (χ0) is 12.3. The summed E-state index contributed by atoms with van der Waals surface area (Å²) >= 11 is 0. The summed E-state index contributed by atoms with van der Waals surface area (Å²) in [6.45, 7) is 4.81. The van der Waals surface area contributed by atoms with Crippen LogP contribution < -0.4 is 10.2 Å². The van der Waals surface area contributed by atoms with E-state index in [1.54, 1.807) is 23.2 Å². The monoisotopic (exact) mass is 235 g/mol. The van der Waals surface area contributed by atoms with Crippen LogP contribution in [0.15, 0.2) is 24.9 Å². The van der Waals surface area contributed by atoms with Crippen LogP contribution in [0.2, 0.25) is 0 Å². The Balaban J connectivity index is 2.10. The average Bonchev–Trinajstić information content (AvgIpc) is 3.12. The third kappa shape index (κ3) is 3.03. The van der Waals surface area contributed by atoms with Crippen molar-refractivity contribution in [2.45, 2.75) is 25.4 Å². The minimum absolute atomic E-state index is 0.231. The normalized spacial score (nSPS) is 14.7. The summed E-state index contributed by atoms with van der Waals surface area (Å²) in [5, 5.41) is 3.31. The molecule has 1 aromatic rings. The van der Waals surface area contributed by atoms with Crippen LogP contribution >= 0.6 is 0 Å². The van der Waals surface area contributed by atoms with Gasteiger partial charge in [-0.2, -0.15) is 0 Å². The van der Waals surface area contributed by atoms with Crippen LogP contribution in [0.25, 0.3) is 0 Å². The summed E-state index contributed by atoms with van der Waals surface area (Å²) in [5.74, 6) is 0.157. The van der Waals surface area contributed by atoms with Gasteiger partial charge in [0, 0.05) is 37.9 Å². The zero-order valence-corrected chi connectivity index (χ0v) is 10.1. The third-order valence-corrected chi connectivity index (χ3v) is 2.87. The molecule has 0 bridgehead atoms. The van der Waals surface area contributed by atoms with Gasteiger partial charge in [-0.15, -0.1) is 6.58 Å². The Kier molecular flexibility index (Phi) is 3.74. The molecule has 0 atom stereocenters. The highest BCUT2D eigenvalue weighted by Crippen LogP contribution is 2.22. The summed E-state index contributed by atoms with van der Waals surface area (Å²) in [7, 11) is 1.81. The predicted molar refractivity (Wildman–Crippen MR) is 67.5 cm³/mol. The van der Waals surface area contributed by atoms with Gasteiger partial charge in [0.2, 0.25) is 0 Å². The second-order valence-electron chi connectivity index (χ2n) is 4.43. The van der Waals surface area contributed by atoms with E-state index in [0.717, 1.165) is 0 Å². The molecular formula is C13H18FN3. The molecule has 17 heavy (non-hydrogen) atoms. The number of pyridine rings is 1. The van der Waals surface area contributed by atoms with Gasteiger partial charge in [-0.25, -0.2) is 9.37 Å². The van der Waals surface area contributed by atoms with Crippen molar-refractivity contribution in [3.63, 3.8) is 0 Å². The molecule has 1 fully saturated rings. The van der Waals surface area contributed by atoms with Crippen LogP contribution in [-0.2, 0) is 6.54 Å². The Morgan fingerprint density at radius 2 is 2.41 bits per heavy atom. The van der Waals surface area contributed by atoms with Gasteiger partial charge in [0.25, 0.3) is 0 Å². The summed E-state index contributed by atoms with van der Waals surface area (Å²) in [4.78, 5) is 5.83. The first kappa shape index (κ1) is 12.0. The van der Waals surface area contributed by atoms with Gasteiger partial charge in [0.05, 0.1) is 0 Å². The van der Waals surface area contributed by atoms with Gasteiger partial charge >= 0.3 is 0 Å². The van der Waals surface area contributed by atoms with Crippen LogP contribution in [0.4, 0.5) is 10.2 Å². The molecule has 1 heterocycles. The first-order valence-electron chi connectivity index (χ1n) is 5.91. The molecule has 1 aromatic heterocycles. The van der Waals surface area contributed by atoms with Crippen LogP contribution in [-0.4, -0.2) is 24.6 Å². The molecular weight excluding hydrogens is 217 g/mol.